The number of ether oxygens (including phenoxy) is 1. The highest BCUT2D eigenvalue weighted by Gasteiger charge is 2.18. The number of carbonyl (C=O) groups excluding carboxylic acids is 1. The van der Waals surface area contributed by atoms with Gasteiger partial charge in [-0.15, -0.1) is 0 Å². The van der Waals surface area contributed by atoms with Crippen molar-refractivity contribution < 1.29 is 9.53 Å². The summed E-state index contributed by atoms with van der Waals surface area (Å²) >= 11 is 0. The predicted molar refractivity (Wildman–Crippen MR) is 62.5 cm³/mol. The van der Waals surface area contributed by atoms with Gasteiger partial charge in [-0.05, 0) is 36.6 Å². The Labute approximate surface area is 94.8 Å². The maximum atomic E-state index is 10.9. The lowest BCUT2D eigenvalue weighted by molar-refractivity contribution is -0.114. The van der Waals surface area contributed by atoms with E-state index < -0.39 is 0 Å². The average Bonchev–Trinajstić information content (AvgIpc) is 2.27. The number of amides is 1. The smallest absolute Gasteiger partial charge is 0.221 e. The first-order valence-corrected chi connectivity index (χ1v) is 5.46. The van der Waals surface area contributed by atoms with Crippen LogP contribution < -0.4 is 15.8 Å². The highest BCUT2D eigenvalue weighted by atomic mass is 16.5. The molecule has 4 heteroatoms. The molecule has 1 aromatic rings. The second-order valence-corrected chi connectivity index (χ2v) is 4.02. The van der Waals surface area contributed by atoms with Gasteiger partial charge in [-0.25, -0.2) is 0 Å². The van der Waals surface area contributed by atoms with Gasteiger partial charge < -0.3 is 15.8 Å². The molecule has 0 fully saturated rings. The lowest BCUT2D eigenvalue weighted by Crippen LogP contribution is -2.30. The normalized spacial score (nSPS) is 18.5. The van der Waals surface area contributed by atoms with Crippen molar-refractivity contribution in [1.82, 2.24) is 0 Å². The monoisotopic (exact) mass is 220 g/mol. The minimum atomic E-state index is -0.0588. The Hall–Kier alpha value is -1.55. The van der Waals surface area contributed by atoms with E-state index in [1.807, 2.05) is 18.2 Å². The minimum absolute atomic E-state index is 0.0588. The summed E-state index contributed by atoms with van der Waals surface area (Å²) in [6, 6.07) is 5.70. The van der Waals surface area contributed by atoms with Crippen LogP contribution in [-0.4, -0.2) is 18.6 Å². The van der Waals surface area contributed by atoms with Crippen LogP contribution in [0.15, 0.2) is 18.2 Å². The molecule has 0 aromatic heterocycles. The van der Waals surface area contributed by atoms with Gasteiger partial charge in [0.25, 0.3) is 0 Å². The number of hydrogen-bond acceptors (Lipinski definition) is 3. The largest absolute Gasteiger partial charge is 0.489 e. The van der Waals surface area contributed by atoms with E-state index in [4.69, 9.17) is 10.5 Å². The van der Waals surface area contributed by atoms with Crippen LogP contribution in [0.25, 0.3) is 0 Å². The predicted octanol–water partition coefficient (Wildman–Crippen LogP) is 1.30. The van der Waals surface area contributed by atoms with Crippen molar-refractivity contribution in [1.29, 1.82) is 0 Å². The molecule has 1 aliphatic heterocycles. The highest BCUT2D eigenvalue weighted by Crippen LogP contribution is 2.29. The van der Waals surface area contributed by atoms with Crippen LogP contribution in [0.4, 0.5) is 5.69 Å². The summed E-state index contributed by atoms with van der Waals surface area (Å²) in [5.41, 5.74) is 7.53. The molecule has 86 valence electrons. The molecule has 16 heavy (non-hydrogen) atoms. The van der Waals surface area contributed by atoms with Gasteiger partial charge in [0, 0.05) is 19.2 Å². The molecule has 4 nitrogen and oxygen atoms in total. The summed E-state index contributed by atoms with van der Waals surface area (Å²) in [6.07, 6.45) is 2.01. The zero-order valence-electron chi connectivity index (χ0n) is 9.32. The van der Waals surface area contributed by atoms with E-state index in [9.17, 15) is 4.79 Å². The van der Waals surface area contributed by atoms with Crippen LogP contribution in [-0.2, 0) is 11.2 Å². The zero-order chi connectivity index (χ0) is 11.5. The van der Waals surface area contributed by atoms with E-state index >= 15 is 0 Å². The van der Waals surface area contributed by atoms with E-state index in [0.717, 1.165) is 29.8 Å². The number of aryl methyl sites for hydroxylation is 1. The fraction of sp³-hybridized carbons (Fsp3) is 0.417. The number of benzene rings is 1. The molecule has 0 bridgehead atoms. The third-order valence-electron chi connectivity index (χ3n) is 2.67. The van der Waals surface area contributed by atoms with E-state index in [1.54, 1.807) is 0 Å². The minimum Gasteiger partial charge on any atom is -0.489 e. The van der Waals surface area contributed by atoms with Gasteiger partial charge in [-0.2, -0.15) is 0 Å². The van der Waals surface area contributed by atoms with E-state index in [1.165, 1.54) is 6.92 Å². The Morgan fingerprint density at radius 2 is 2.44 bits per heavy atom. The zero-order valence-corrected chi connectivity index (χ0v) is 9.32. The molecule has 0 saturated carbocycles. The number of hydrogen-bond donors (Lipinski definition) is 2. The molecule has 1 unspecified atom stereocenters. The Morgan fingerprint density at radius 1 is 1.62 bits per heavy atom. The molecule has 0 spiro atoms. The number of nitrogens with two attached hydrogens (primary N) is 1. The lowest BCUT2D eigenvalue weighted by Gasteiger charge is -2.25. The maximum Gasteiger partial charge on any atom is 0.221 e. The van der Waals surface area contributed by atoms with Gasteiger partial charge in [-0.1, -0.05) is 0 Å². The number of carbonyl (C=O) groups is 1. The van der Waals surface area contributed by atoms with Gasteiger partial charge in [0.1, 0.15) is 11.9 Å². The maximum absolute atomic E-state index is 10.9. The summed E-state index contributed by atoms with van der Waals surface area (Å²) in [4.78, 5) is 10.9. The molecule has 1 aromatic carbocycles. The summed E-state index contributed by atoms with van der Waals surface area (Å²) in [7, 11) is 0. The fourth-order valence-electron chi connectivity index (χ4n) is 1.89. The van der Waals surface area contributed by atoms with Gasteiger partial charge in [-0.3, -0.25) is 4.79 Å². The molecule has 0 radical (unpaired) electrons. The molecular weight excluding hydrogens is 204 g/mol. The van der Waals surface area contributed by atoms with Crippen molar-refractivity contribution in [3.05, 3.63) is 23.8 Å². The van der Waals surface area contributed by atoms with Crippen molar-refractivity contribution in [3.8, 4) is 5.75 Å². The number of anilines is 1. The van der Waals surface area contributed by atoms with E-state index in [0.29, 0.717) is 6.54 Å². The molecule has 1 amide bonds. The molecule has 0 aliphatic carbocycles. The highest BCUT2D eigenvalue weighted by molar-refractivity contribution is 5.88. The Bertz CT molecular complexity index is 404. The standard InChI is InChI=1S/C12H16N2O2/c1-8(15)14-10-3-5-12-9(6-10)2-4-11(7-13)16-12/h3,5-6,11H,2,4,7,13H2,1H3,(H,14,15). The first kappa shape index (κ1) is 11.0. The van der Waals surface area contributed by atoms with Crippen molar-refractivity contribution in [3.63, 3.8) is 0 Å². The van der Waals surface area contributed by atoms with Gasteiger partial charge in [0.05, 0.1) is 0 Å². The van der Waals surface area contributed by atoms with Crippen LogP contribution in [0.5, 0.6) is 5.75 Å². The number of nitrogens with one attached hydrogen (secondary N) is 1. The summed E-state index contributed by atoms with van der Waals surface area (Å²) in [6.45, 7) is 2.05. The summed E-state index contributed by atoms with van der Waals surface area (Å²) < 4.78 is 5.70. The van der Waals surface area contributed by atoms with Crippen molar-refractivity contribution in [2.75, 3.05) is 11.9 Å². The Morgan fingerprint density at radius 3 is 3.12 bits per heavy atom. The van der Waals surface area contributed by atoms with Crippen LogP contribution in [0.2, 0.25) is 0 Å². The fourth-order valence-corrected chi connectivity index (χ4v) is 1.89. The molecule has 1 aliphatic rings. The molecule has 2 rings (SSSR count). The Kier molecular flexibility index (Phi) is 3.10. The molecule has 0 saturated heterocycles. The van der Waals surface area contributed by atoms with Gasteiger partial charge in [0.15, 0.2) is 0 Å². The number of fused-ring (bicyclic) bond motifs is 1. The summed E-state index contributed by atoms with van der Waals surface area (Å²) in [5, 5.41) is 2.76. The third kappa shape index (κ3) is 2.33. The van der Waals surface area contributed by atoms with Crippen molar-refractivity contribution in [2.45, 2.75) is 25.9 Å². The second-order valence-electron chi connectivity index (χ2n) is 4.02. The molecule has 3 N–H and O–H groups in total. The first-order chi connectivity index (χ1) is 7.69. The van der Waals surface area contributed by atoms with Crippen LogP contribution in [0.1, 0.15) is 18.9 Å². The van der Waals surface area contributed by atoms with Crippen molar-refractivity contribution >= 4 is 11.6 Å². The summed E-state index contributed by atoms with van der Waals surface area (Å²) in [5.74, 6) is 0.826. The van der Waals surface area contributed by atoms with Gasteiger partial charge >= 0.3 is 0 Å². The molecular formula is C12H16N2O2. The van der Waals surface area contributed by atoms with Crippen molar-refractivity contribution in [2.24, 2.45) is 5.73 Å². The van der Waals surface area contributed by atoms with E-state index in [-0.39, 0.29) is 12.0 Å². The topological polar surface area (TPSA) is 64.4 Å². The van der Waals surface area contributed by atoms with Crippen LogP contribution >= 0.6 is 0 Å². The average molecular weight is 220 g/mol. The van der Waals surface area contributed by atoms with Gasteiger partial charge in [0.2, 0.25) is 5.91 Å². The molecule has 1 heterocycles. The first-order valence-electron chi connectivity index (χ1n) is 5.46. The van der Waals surface area contributed by atoms with Crippen LogP contribution in [0, 0.1) is 0 Å². The second kappa shape index (κ2) is 4.53. The lowest BCUT2D eigenvalue weighted by atomic mass is 10.0. The van der Waals surface area contributed by atoms with Crippen LogP contribution in [0.3, 0.4) is 0 Å². The van der Waals surface area contributed by atoms with E-state index in [2.05, 4.69) is 5.32 Å². The molecule has 1 atom stereocenters. The number of rotatable bonds is 2. The Balaban J connectivity index is 2.18. The third-order valence-corrected chi connectivity index (χ3v) is 2.67. The SMILES string of the molecule is CC(=O)Nc1ccc2c(c1)CCC(CN)O2. The quantitative estimate of drug-likeness (QED) is 0.789.